The van der Waals surface area contributed by atoms with E-state index in [1.165, 1.54) is 23.2 Å². The molecule has 0 aromatic heterocycles. The molecule has 0 radical (unpaired) electrons. The van der Waals surface area contributed by atoms with Crippen LogP contribution in [0.3, 0.4) is 0 Å². The van der Waals surface area contributed by atoms with Gasteiger partial charge < -0.3 is 9.64 Å². The number of likely N-dealkylation sites (tertiary alicyclic amines) is 1. The molecule has 0 N–H and O–H groups in total. The number of hydrogen-bond donors (Lipinski definition) is 0. The lowest BCUT2D eigenvalue weighted by Crippen LogP contribution is -2.46. The smallest absolute Gasteiger partial charge is 0.119 e. The Kier molecular flexibility index (Phi) is 3.34. The molecule has 120 valence electrons. The summed E-state index contributed by atoms with van der Waals surface area (Å²) in [6, 6.07) is 17.3. The summed E-state index contributed by atoms with van der Waals surface area (Å²) in [5.74, 6) is 0.958. The van der Waals surface area contributed by atoms with Gasteiger partial charge >= 0.3 is 0 Å². The quantitative estimate of drug-likeness (QED) is 0.861. The first-order valence-corrected chi connectivity index (χ1v) is 8.33. The third-order valence-electron chi connectivity index (χ3n) is 5.59. The number of fused-ring (bicyclic) bond motifs is 3. The summed E-state index contributed by atoms with van der Waals surface area (Å²) in [5.41, 5.74) is 4.32. The minimum atomic E-state index is 0.174. The zero-order valence-corrected chi connectivity index (χ0v) is 14.1. The molecule has 2 heterocycles. The number of hydrogen-bond acceptors (Lipinski definition) is 3. The summed E-state index contributed by atoms with van der Waals surface area (Å²) in [4.78, 5) is 5.06. The van der Waals surface area contributed by atoms with Crippen LogP contribution in [0.15, 0.2) is 48.5 Å². The van der Waals surface area contributed by atoms with E-state index in [-0.39, 0.29) is 5.41 Å². The van der Waals surface area contributed by atoms with Gasteiger partial charge in [0.2, 0.25) is 0 Å². The SMILES string of the molecule is COc1ccc2c(c1)[C@]1(C)CCN(C)[C@@H]1N2Cc1ccccc1. The lowest BCUT2D eigenvalue weighted by Gasteiger charge is -2.35. The number of benzene rings is 2. The van der Waals surface area contributed by atoms with Crippen molar-refractivity contribution >= 4 is 5.69 Å². The molecule has 0 unspecified atom stereocenters. The molecule has 2 aliphatic heterocycles. The Morgan fingerprint density at radius 3 is 2.70 bits per heavy atom. The molecule has 2 aromatic carbocycles. The van der Waals surface area contributed by atoms with Gasteiger partial charge in [-0.25, -0.2) is 0 Å². The van der Waals surface area contributed by atoms with Gasteiger partial charge in [-0.2, -0.15) is 0 Å². The molecule has 2 aliphatic rings. The fraction of sp³-hybridized carbons (Fsp3) is 0.400. The van der Waals surface area contributed by atoms with Crippen LogP contribution in [0.4, 0.5) is 5.69 Å². The molecule has 2 aromatic rings. The van der Waals surface area contributed by atoms with Gasteiger partial charge in [0.05, 0.1) is 13.3 Å². The lowest BCUT2D eigenvalue weighted by molar-refractivity contribution is 0.259. The molecule has 3 heteroatoms. The second-order valence-corrected chi connectivity index (χ2v) is 7.02. The van der Waals surface area contributed by atoms with E-state index in [9.17, 15) is 0 Å². The summed E-state index contributed by atoms with van der Waals surface area (Å²) in [6.07, 6.45) is 1.62. The minimum absolute atomic E-state index is 0.174. The maximum atomic E-state index is 5.48. The van der Waals surface area contributed by atoms with Crippen molar-refractivity contribution in [3.05, 3.63) is 59.7 Å². The summed E-state index contributed by atoms with van der Waals surface area (Å²) >= 11 is 0. The van der Waals surface area contributed by atoms with Crippen molar-refractivity contribution in [1.29, 1.82) is 0 Å². The second-order valence-electron chi connectivity index (χ2n) is 7.02. The number of nitrogens with zero attached hydrogens (tertiary/aromatic N) is 2. The Labute approximate surface area is 138 Å². The topological polar surface area (TPSA) is 15.7 Å². The second kappa shape index (κ2) is 5.27. The number of methoxy groups -OCH3 is 1. The van der Waals surface area contributed by atoms with Gasteiger partial charge in [0.1, 0.15) is 5.75 Å². The van der Waals surface area contributed by atoms with Crippen LogP contribution in [0.2, 0.25) is 0 Å². The van der Waals surface area contributed by atoms with E-state index in [0.29, 0.717) is 6.17 Å². The highest BCUT2D eigenvalue weighted by Crippen LogP contribution is 2.52. The molecular weight excluding hydrogens is 284 g/mol. The predicted octanol–water partition coefficient (Wildman–Crippen LogP) is 3.63. The van der Waals surface area contributed by atoms with Crippen molar-refractivity contribution in [3.63, 3.8) is 0 Å². The van der Waals surface area contributed by atoms with Crippen molar-refractivity contribution in [3.8, 4) is 5.75 Å². The molecule has 0 saturated carbocycles. The molecule has 3 nitrogen and oxygen atoms in total. The van der Waals surface area contributed by atoms with Crippen LogP contribution in [0, 0.1) is 0 Å². The minimum Gasteiger partial charge on any atom is -0.497 e. The van der Waals surface area contributed by atoms with Crippen LogP contribution in [-0.2, 0) is 12.0 Å². The first-order valence-electron chi connectivity index (χ1n) is 8.33. The fourth-order valence-electron chi connectivity index (χ4n) is 4.44. The Hall–Kier alpha value is -2.00. The largest absolute Gasteiger partial charge is 0.497 e. The van der Waals surface area contributed by atoms with Gasteiger partial charge in [0, 0.05) is 24.2 Å². The molecule has 0 bridgehead atoms. The van der Waals surface area contributed by atoms with Gasteiger partial charge in [-0.15, -0.1) is 0 Å². The van der Waals surface area contributed by atoms with Crippen LogP contribution in [0.25, 0.3) is 0 Å². The van der Waals surface area contributed by atoms with Gasteiger partial charge in [0.25, 0.3) is 0 Å². The van der Waals surface area contributed by atoms with Crippen molar-refractivity contribution < 1.29 is 4.74 Å². The monoisotopic (exact) mass is 308 g/mol. The standard InChI is InChI=1S/C20H24N2O/c1-20-11-12-21(2)19(20)22(14-15-7-5-4-6-8-15)18-10-9-16(23-3)13-17(18)20/h4-10,13,19H,11-12,14H2,1-3H3/t19-,20+/m1/s1. The third-order valence-corrected chi connectivity index (χ3v) is 5.59. The average molecular weight is 308 g/mol. The Bertz CT molecular complexity index is 715. The molecule has 0 spiro atoms. The Morgan fingerprint density at radius 2 is 1.96 bits per heavy atom. The van der Waals surface area contributed by atoms with E-state index in [1.54, 1.807) is 7.11 Å². The summed E-state index contributed by atoms with van der Waals surface area (Å²) in [5, 5.41) is 0. The van der Waals surface area contributed by atoms with E-state index in [2.05, 4.69) is 72.3 Å². The normalized spacial score (nSPS) is 26.2. The maximum Gasteiger partial charge on any atom is 0.119 e. The van der Waals surface area contributed by atoms with Crippen LogP contribution in [0.5, 0.6) is 5.75 Å². The number of likely N-dealkylation sites (N-methyl/N-ethyl adjacent to an activating group) is 1. The molecule has 1 fully saturated rings. The van der Waals surface area contributed by atoms with Gasteiger partial charge in [-0.1, -0.05) is 37.3 Å². The van der Waals surface area contributed by atoms with E-state index < -0.39 is 0 Å². The molecule has 0 amide bonds. The van der Waals surface area contributed by atoms with E-state index in [0.717, 1.165) is 18.8 Å². The highest BCUT2D eigenvalue weighted by atomic mass is 16.5. The van der Waals surface area contributed by atoms with Crippen molar-refractivity contribution in [2.24, 2.45) is 0 Å². The predicted molar refractivity (Wildman–Crippen MR) is 94.0 cm³/mol. The van der Waals surface area contributed by atoms with Crippen molar-refractivity contribution in [2.75, 3.05) is 25.6 Å². The highest BCUT2D eigenvalue weighted by Gasteiger charge is 2.53. The molecule has 0 aliphatic carbocycles. The van der Waals surface area contributed by atoms with E-state index in [1.807, 2.05) is 0 Å². The van der Waals surface area contributed by atoms with Crippen LogP contribution < -0.4 is 9.64 Å². The number of anilines is 1. The molecular formula is C20H24N2O. The van der Waals surface area contributed by atoms with E-state index >= 15 is 0 Å². The van der Waals surface area contributed by atoms with E-state index in [4.69, 9.17) is 4.74 Å². The zero-order valence-electron chi connectivity index (χ0n) is 14.1. The first-order chi connectivity index (χ1) is 11.1. The third kappa shape index (κ3) is 2.14. The molecule has 1 saturated heterocycles. The number of ether oxygens (including phenoxy) is 1. The maximum absolute atomic E-state index is 5.48. The molecule has 23 heavy (non-hydrogen) atoms. The van der Waals surface area contributed by atoms with Gasteiger partial charge in [0.15, 0.2) is 0 Å². The van der Waals surface area contributed by atoms with Crippen molar-refractivity contribution in [1.82, 2.24) is 4.90 Å². The highest BCUT2D eigenvalue weighted by molar-refractivity contribution is 5.66. The zero-order chi connectivity index (χ0) is 16.0. The molecule has 2 atom stereocenters. The summed E-state index contributed by atoms with van der Waals surface area (Å²) in [6.45, 7) is 4.50. The van der Waals surface area contributed by atoms with Gasteiger partial charge in [-0.05, 0) is 42.8 Å². The first kappa shape index (κ1) is 14.6. The van der Waals surface area contributed by atoms with Crippen LogP contribution in [0.1, 0.15) is 24.5 Å². The van der Waals surface area contributed by atoms with Crippen LogP contribution in [-0.4, -0.2) is 31.8 Å². The summed E-state index contributed by atoms with van der Waals surface area (Å²) < 4.78 is 5.48. The van der Waals surface area contributed by atoms with Crippen molar-refractivity contribution in [2.45, 2.75) is 31.5 Å². The Morgan fingerprint density at radius 1 is 1.17 bits per heavy atom. The van der Waals surface area contributed by atoms with Crippen LogP contribution >= 0.6 is 0 Å². The van der Waals surface area contributed by atoms with Gasteiger partial charge in [-0.3, -0.25) is 4.90 Å². The number of rotatable bonds is 3. The molecule has 4 rings (SSSR count). The summed E-state index contributed by atoms with van der Waals surface area (Å²) in [7, 11) is 4.00. The fourth-order valence-corrected chi connectivity index (χ4v) is 4.44. The lowest BCUT2D eigenvalue weighted by atomic mass is 9.81. The average Bonchev–Trinajstić information content (AvgIpc) is 3.01. The Balaban J connectivity index is 1.80.